The number of methoxy groups -OCH3 is 1. The normalized spacial score (nSPS) is 10.8. The fraction of sp³-hybridized carbons (Fsp3) is 0.278. The smallest absolute Gasteiger partial charge is 0.132 e. The van der Waals surface area contributed by atoms with Gasteiger partial charge in [0.2, 0.25) is 0 Å². The SMILES string of the molecule is COc1ccc(C=NO)c(OCCOc2cc(C)c(Cl)c(C)c2)c1. The average molecular weight is 350 g/mol. The summed E-state index contributed by atoms with van der Waals surface area (Å²) in [4.78, 5) is 0. The van der Waals surface area contributed by atoms with Crippen LogP contribution >= 0.6 is 11.6 Å². The number of halogens is 1. The highest BCUT2D eigenvalue weighted by molar-refractivity contribution is 6.32. The lowest BCUT2D eigenvalue weighted by Crippen LogP contribution is -2.10. The summed E-state index contributed by atoms with van der Waals surface area (Å²) < 4.78 is 16.6. The molecule has 0 aliphatic heterocycles. The number of benzene rings is 2. The van der Waals surface area contributed by atoms with Gasteiger partial charge in [0, 0.05) is 16.7 Å². The van der Waals surface area contributed by atoms with Crippen LogP contribution in [0.15, 0.2) is 35.5 Å². The summed E-state index contributed by atoms with van der Waals surface area (Å²) in [5.41, 5.74) is 2.60. The third kappa shape index (κ3) is 4.55. The van der Waals surface area contributed by atoms with E-state index >= 15 is 0 Å². The van der Waals surface area contributed by atoms with Crippen LogP contribution in [0, 0.1) is 13.8 Å². The lowest BCUT2D eigenvalue weighted by Gasteiger charge is -2.12. The molecule has 0 unspecified atom stereocenters. The molecule has 2 rings (SSSR count). The standard InChI is InChI=1S/C18H20ClNO4/c1-12-8-16(9-13(2)18(12)19)23-6-7-24-17-10-15(22-3)5-4-14(17)11-20-21/h4-5,8-11,21H,6-7H2,1-3H3. The van der Waals surface area contributed by atoms with Crippen LogP contribution in [0.1, 0.15) is 16.7 Å². The highest BCUT2D eigenvalue weighted by atomic mass is 35.5. The molecule has 1 N–H and O–H groups in total. The molecule has 0 fully saturated rings. The summed E-state index contributed by atoms with van der Waals surface area (Å²) in [7, 11) is 1.58. The quantitative estimate of drug-likeness (QED) is 0.351. The monoisotopic (exact) mass is 349 g/mol. The Morgan fingerprint density at radius 2 is 1.71 bits per heavy atom. The third-order valence-electron chi connectivity index (χ3n) is 3.44. The van der Waals surface area contributed by atoms with Gasteiger partial charge in [-0.25, -0.2) is 0 Å². The van der Waals surface area contributed by atoms with Gasteiger partial charge in [-0.15, -0.1) is 0 Å². The van der Waals surface area contributed by atoms with E-state index in [1.54, 1.807) is 25.3 Å². The topological polar surface area (TPSA) is 60.3 Å². The number of nitrogens with zero attached hydrogens (tertiary/aromatic N) is 1. The molecule has 0 bridgehead atoms. The van der Waals surface area contributed by atoms with Crippen LogP contribution < -0.4 is 14.2 Å². The molecule has 0 heterocycles. The van der Waals surface area contributed by atoms with Crippen LogP contribution in [-0.2, 0) is 0 Å². The molecule has 0 radical (unpaired) electrons. The maximum atomic E-state index is 8.71. The Labute approximate surface area is 146 Å². The first-order chi connectivity index (χ1) is 11.5. The summed E-state index contributed by atoms with van der Waals surface area (Å²) in [5, 5.41) is 12.5. The minimum absolute atomic E-state index is 0.333. The Morgan fingerprint density at radius 1 is 1.04 bits per heavy atom. The van der Waals surface area contributed by atoms with Crippen molar-refractivity contribution >= 4 is 17.8 Å². The van der Waals surface area contributed by atoms with Gasteiger partial charge in [-0.1, -0.05) is 16.8 Å². The zero-order valence-corrected chi connectivity index (χ0v) is 14.6. The molecule has 0 amide bonds. The molecule has 2 aromatic rings. The lowest BCUT2D eigenvalue weighted by atomic mass is 10.1. The van der Waals surface area contributed by atoms with Gasteiger partial charge in [0.1, 0.15) is 30.5 Å². The lowest BCUT2D eigenvalue weighted by molar-refractivity contribution is 0.216. The van der Waals surface area contributed by atoms with Crippen molar-refractivity contribution in [2.45, 2.75) is 13.8 Å². The summed E-state index contributed by atoms with van der Waals surface area (Å²) in [6, 6.07) is 9.03. The van der Waals surface area contributed by atoms with E-state index in [1.165, 1.54) is 6.21 Å². The molecular weight excluding hydrogens is 330 g/mol. The second-order valence-electron chi connectivity index (χ2n) is 5.22. The van der Waals surface area contributed by atoms with Crippen molar-refractivity contribution in [3.05, 3.63) is 52.0 Å². The minimum atomic E-state index is 0.333. The molecule has 24 heavy (non-hydrogen) atoms. The van der Waals surface area contributed by atoms with E-state index in [2.05, 4.69) is 5.16 Å². The Balaban J connectivity index is 1.97. The van der Waals surface area contributed by atoms with Crippen molar-refractivity contribution in [3.63, 3.8) is 0 Å². The molecule has 0 spiro atoms. The number of hydrogen-bond donors (Lipinski definition) is 1. The fourth-order valence-electron chi connectivity index (χ4n) is 2.24. The average Bonchev–Trinajstić information content (AvgIpc) is 2.57. The largest absolute Gasteiger partial charge is 0.497 e. The van der Waals surface area contributed by atoms with Crippen molar-refractivity contribution in [1.29, 1.82) is 0 Å². The summed E-state index contributed by atoms with van der Waals surface area (Å²) in [6.45, 7) is 4.58. The molecule has 128 valence electrons. The van der Waals surface area contributed by atoms with Crippen LogP contribution in [0.2, 0.25) is 5.02 Å². The predicted molar refractivity (Wildman–Crippen MR) is 94.3 cm³/mol. The summed E-state index contributed by atoms with van der Waals surface area (Å²) >= 11 is 6.14. The number of hydrogen-bond acceptors (Lipinski definition) is 5. The van der Waals surface area contributed by atoms with E-state index in [4.69, 9.17) is 31.0 Å². The Bertz CT molecular complexity index is 708. The fourth-order valence-corrected chi connectivity index (χ4v) is 2.35. The van der Waals surface area contributed by atoms with Crippen LogP contribution in [0.25, 0.3) is 0 Å². The first kappa shape index (κ1) is 17.9. The number of ether oxygens (including phenoxy) is 3. The zero-order valence-electron chi connectivity index (χ0n) is 13.9. The van der Waals surface area contributed by atoms with Gasteiger partial charge in [-0.05, 0) is 49.2 Å². The van der Waals surface area contributed by atoms with E-state index in [0.717, 1.165) is 21.9 Å². The van der Waals surface area contributed by atoms with Gasteiger partial charge in [-0.3, -0.25) is 0 Å². The maximum Gasteiger partial charge on any atom is 0.132 e. The predicted octanol–water partition coefficient (Wildman–Crippen LogP) is 4.23. The second-order valence-corrected chi connectivity index (χ2v) is 5.59. The maximum absolute atomic E-state index is 8.71. The first-order valence-corrected chi connectivity index (χ1v) is 7.80. The third-order valence-corrected chi connectivity index (χ3v) is 4.03. The highest BCUT2D eigenvalue weighted by Crippen LogP contribution is 2.26. The van der Waals surface area contributed by atoms with Crippen LogP contribution in [0.5, 0.6) is 17.2 Å². The minimum Gasteiger partial charge on any atom is -0.497 e. The Morgan fingerprint density at radius 3 is 2.33 bits per heavy atom. The summed E-state index contributed by atoms with van der Waals surface area (Å²) in [5.74, 6) is 1.96. The molecule has 2 aromatic carbocycles. The van der Waals surface area contributed by atoms with E-state index in [1.807, 2.05) is 26.0 Å². The molecule has 6 heteroatoms. The molecule has 0 saturated carbocycles. The Kier molecular flexibility index (Phi) is 6.32. The van der Waals surface area contributed by atoms with Crippen LogP contribution in [-0.4, -0.2) is 31.7 Å². The Hall–Kier alpha value is -2.40. The van der Waals surface area contributed by atoms with Gasteiger partial charge in [0.05, 0.1) is 13.3 Å². The molecule has 0 saturated heterocycles. The molecule has 0 atom stereocenters. The molecule has 0 aromatic heterocycles. The summed E-state index contributed by atoms with van der Waals surface area (Å²) in [6.07, 6.45) is 1.31. The van der Waals surface area contributed by atoms with Gasteiger partial charge < -0.3 is 19.4 Å². The van der Waals surface area contributed by atoms with Crippen LogP contribution in [0.4, 0.5) is 0 Å². The number of aryl methyl sites for hydroxylation is 2. The van der Waals surface area contributed by atoms with Crippen molar-refractivity contribution in [1.82, 2.24) is 0 Å². The van der Waals surface area contributed by atoms with E-state index in [0.29, 0.717) is 30.3 Å². The van der Waals surface area contributed by atoms with Crippen molar-refractivity contribution in [3.8, 4) is 17.2 Å². The number of rotatable bonds is 7. The van der Waals surface area contributed by atoms with Gasteiger partial charge in [0.25, 0.3) is 0 Å². The van der Waals surface area contributed by atoms with Crippen molar-refractivity contribution < 1.29 is 19.4 Å². The van der Waals surface area contributed by atoms with Gasteiger partial charge >= 0.3 is 0 Å². The van der Waals surface area contributed by atoms with Crippen LogP contribution in [0.3, 0.4) is 0 Å². The van der Waals surface area contributed by atoms with E-state index in [-0.39, 0.29) is 0 Å². The molecule has 0 aliphatic carbocycles. The molecule has 5 nitrogen and oxygen atoms in total. The van der Waals surface area contributed by atoms with Crippen molar-refractivity contribution in [2.24, 2.45) is 5.16 Å². The first-order valence-electron chi connectivity index (χ1n) is 7.43. The molecule has 0 aliphatic rings. The molecular formula is C18H20ClNO4. The second kappa shape index (κ2) is 8.45. The number of oxime groups is 1. The van der Waals surface area contributed by atoms with Gasteiger partial charge in [0.15, 0.2) is 0 Å². The van der Waals surface area contributed by atoms with Gasteiger partial charge in [-0.2, -0.15) is 0 Å². The van der Waals surface area contributed by atoms with Crippen molar-refractivity contribution in [2.75, 3.05) is 20.3 Å². The highest BCUT2D eigenvalue weighted by Gasteiger charge is 2.06. The van der Waals surface area contributed by atoms with E-state index in [9.17, 15) is 0 Å². The zero-order chi connectivity index (χ0) is 17.5. The van der Waals surface area contributed by atoms with E-state index < -0.39 is 0 Å².